The summed E-state index contributed by atoms with van der Waals surface area (Å²) in [5.41, 5.74) is 1.77. The lowest BCUT2D eigenvalue weighted by Gasteiger charge is -2.20. The van der Waals surface area contributed by atoms with Crippen molar-refractivity contribution >= 4 is 5.91 Å². The number of aryl methyl sites for hydroxylation is 1. The van der Waals surface area contributed by atoms with Crippen LogP contribution in [0.3, 0.4) is 0 Å². The Bertz CT molecular complexity index is 456. The van der Waals surface area contributed by atoms with Gasteiger partial charge in [-0.15, -0.1) is 0 Å². The van der Waals surface area contributed by atoms with Crippen molar-refractivity contribution in [3.05, 3.63) is 29.3 Å². The maximum Gasteiger partial charge on any atom is 0.258 e. The van der Waals surface area contributed by atoms with E-state index in [2.05, 4.69) is 13.8 Å². The van der Waals surface area contributed by atoms with Gasteiger partial charge in [-0.3, -0.25) is 4.79 Å². The summed E-state index contributed by atoms with van der Waals surface area (Å²) in [5.74, 6) is 0.896. The van der Waals surface area contributed by atoms with Crippen molar-refractivity contribution in [1.82, 2.24) is 4.90 Å². The van der Waals surface area contributed by atoms with Gasteiger partial charge in [-0.05, 0) is 31.4 Å². The fourth-order valence-electron chi connectivity index (χ4n) is 2.64. The highest BCUT2D eigenvalue weighted by atomic mass is 16.5. The first-order valence-electron chi connectivity index (χ1n) is 7.22. The molecule has 0 saturated carbocycles. The van der Waals surface area contributed by atoms with E-state index in [1.807, 2.05) is 30.0 Å². The molecule has 0 radical (unpaired) electrons. The molecule has 1 amide bonds. The first kappa shape index (κ1) is 13.9. The van der Waals surface area contributed by atoms with Gasteiger partial charge in [-0.25, -0.2) is 0 Å². The van der Waals surface area contributed by atoms with Gasteiger partial charge in [-0.1, -0.05) is 32.4 Å². The van der Waals surface area contributed by atoms with Gasteiger partial charge in [0.15, 0.2) is 0 Å². The summed E-state index contributed by atoms with van der Waals surface area (Å²) in [5, 5.41) is 0. The van der Waals surface area contributed by atoms with E-state index in [4.69, 9.17) is 4.74 Å². The summed E-state index contributed by atoms with van der Waals surface area (Å²) in [6.07, 6.45) is 3.42. The summed E-state index contributed by atoms with van der Waals surface area (Å²) in [6.45, 7) is 7.74. The molecule has 0 aliphatic carbocycles. The Kier molecular flexibility index (Phi) is 4.46. The second kappa shape index (κ2) is 6.09. The van der Waals surface area contributed by atoms with Crippen LogP contribution in [0.5, 0.6) is 5.75 Å². The number of nitrogens with zero attached hydrogens (tertiary/aromatic N) is 1. The van der Waals surface area contributed by atoms with Crippen molar-refractivity contribution in [1.29, 1.82) is 0 Å². The summed E-state index contributed by atoms with van der Waals surface area (Å²) >= 11 is 0. The molecular formula is C16H23NO2. The molecule has 19 heavy (non-hydrogen) atoms. The SMILES string of the molecule is CCC.Cc1cccc2c1C(=O)N1CCCC1CO2. The van der Waals surface area contributed by atoms with Gasteiger partial charge in [0.25, 0.3) is 5.91 Å². The van der Waals surface area contributed by atoms with Gasteiger partial charge >= 0.3 is 0 Å². The highest BCUT2D eigenvalue weighted by Crippen LogP contribution is 2.31. The topological polar surface area (TPSA) is 29.5 Å². The van der Waals surface area contributed by atoms with Gasteiger partial charge in [-0.2, -0.15) is 0 Å². The molecule has 1 unspecified atom stereocenters. The fourth-order valence-corrected chi connectivity index (χ4v) is 2.64. The molecule has 1 aromatic rings. The molecule has 3 rings (SSSR count). The van der Waals surface area contributed by atoms with Crippen molar-refractivity contribution in [2.45, 2.75) is 46.1 Å². The molecule has 2 heterocycles. The second-order valence-electron chi connectivity index (χ2n) is 5.26. The monoisotopic (exact) mass is 261 g/mol. The third-order valence-electron chi connectivity index (χ3n) is 3.52. The van der Waals surface area contributed by atoms with E-state index in [-0.39, 0.29) is 11.9 Å². The molecule has 2 aliphatic rings. The summed E-state index contributed by atoms with van der Waals surface area (Å²) < 4.78 is 5.75. The van der Waals surface area contributed by atoms with Gasteiger partial charge in [0, 0.05) is 6.54 Å². The zero-order valence-corrected chi connectivity index (χ0v) is 12.1. The van der Waals surface area contributed by atoms with Crippen molar-refractivity contribution in [2.24, 2.45) is 0 Å². The molecular weight excluding hydrogens is 238 g/mol. The summed E-state index contributed by atoms with van der Waals surface area (Å²) in [7, 11) is 0. The number of ether oxygens (including phenoxy) is 1. The van der Waals surface area contributed by atoms with Crippen LogP contribution in [0, 0.1) is 6.92 Å². The first-order chi connectivity index (χ1) is 9.19. The number of amides is 1. The quantitative estimate of drug-likeness (QED) is 0.716. The van der Waals surface area contributed by atoms with E-state index in [0.29, 0.717) is 6.61 Å². The van der Waals surface area contributed by atoms with Crippen molar-refractivity contribution in [3.63, 3.8) is 0 Å². The molecule has 104 valence electrons. The van der Waals surface area contributed by atoms with Crippen molar-refractivity contribution in [2.75, 3.05) is 13.2 Å². The third-order valence-corrected chi connectivity index (χ3v) is 3.52. The third kappa shape index (κ3) is 2.75. The van der Waals surface area contributed by atoms with Crippen LogP contribution in [0.15, 0.2) is 18.2 Å². The molecule has 0 N–H and O–H groups in total. The molecule has 1 fully saturated rings. The van der Waals surface area contributed by atoms with Gasteiger partial charge < -0.3 is 9.64 Å². The van der Waals surface area contributed by atoms with E-state index >= 15 is 0 Å². The highest BCUT2D eigenvalue weighted by Gasteiger charge is 2.34. The lowest BCUT2D eigenvalue weighted by molar-refractivity contribution is 0.0726. The molecule has 0 spiro atoms. The number of fused-ring (bicyclic) bond motifs is 2. The number of rotatable bonds is 0. The van der Waals surface area contributed by atoms with E-state index < -0.39 is 0 Å². The number of benzene rings is 1. The van der Waals surface area contributed by atoms with E-state index in [0.717, 1.165) is 36.3 Å². The molecule has 0 aromatic heterocycles. The van der Waals surface area contributed by atoms with Crippen molar-refractivity contribution in [3.8, 4) is 5.75 Å². The van der Waals surface area contributed by atoms with Crippen LogP contribution in [0.25, 0.3) is 0 Å². The fraction of sp³-hybridized carbons (Fsp3) is 0.562. The Hall–Kier alpha value is -1.51. The van der Waals surface area contributed by atoms with Crippen LogP contribution < -0.4 is 4.74 Å². The minimum Gasteiger partial charge on any atom is -0.491 e. The Morgan fingerprint density at radius 3 is 2.84 bits per heavy atom. The Morgan fingerprint density at radius 2 is 2.11 bits per heavy atom. The minimum atomic E-state index is 0.146. The second-order valence-corrected chi connectivity index (χ2v) is 5.26. The normalized spacial score (nSPS) is 20.7. The summed E-state index contributed by atoms with van der Waals surface area (Å²) in [4.78, 5) is 14.4. The number of carbonyl (C=O) groups is 1. The maximum absolute atomic E-state index is 12.4. The average Bonchev–Trinajstić information content (AvgIpc) is 2.80. The molecule has 3 nitrogen and oxygen atoms in total. The van der Waals surface area contributed by atoms with Crippen LogP contribution in [0.1, 0.15) is 49.0 Å². The highest BCUT2D eigenvalue weighted by molar-refractivity contribution is 5.99. The zero-order chi connectivity index (χ0) is 13.8. The molecule has 0 bridgehead atoms. The van der Waals surface area contributed by atoms with Crippen LogP contribution >= 0.6 is 0 Å². The lowest BCUT2D eigenvalue weighted by atomic mass is 10.1. The van der Waals surface area contributed by atoms with E-state index in [1.165, 1.54) is 6.42 Å². The predicted octanol–water partition coefficient (Wildman–Crippen LogP) is 3.41. The Morgan fingerprint density at radius 1 is 1.37 bits per heavy atom. The number of carbonyl (C=O) groups excluding carboxylic acids is 1. The lowest BCUT2D eigenvalue weighted by Crippen LogP contribution is -2.36. The van der Waals surface area contributed by atoms with Crippen LogP contribution in [-0.4, -0.2) is 30.0 Å². The van der Waals surface area contributed by atoms with Crippen LogP contribution in [-0.2, 0) is 0 Å². The van der Waals surface area contributed by atoms with E-state index in [1.54, 1.807) is 0 Å². The molecule has 1 atom stereocenters. The Labute approximate surface area is 115 Å². The molecule has 2 aliphatic heterocycles. The molecule has 3 heteroatoms. The first-order valence-corrected chi connectivity index (χ1v) is 7.22. The number of hydrogen-bond acceptors (Lipinski definition) is 2. The van der Waals surface area contributed by atoms with Gasteiger partial charge in [0.2, 0.25) is 0 Å². The maximum atomic E-state index is 12.4. The molecule has 1 saturated heterocycles. The van der Waals surface area contributed by atoms with Gasteiger partial charge in [0.1, 0.15) is 12.4 Å². The van der Waals surface area contributed by atoms with Crippen LogP contribution in [0.2, 0.25) is 0 Å². The largest absolute Gasteiger partial charge is 0.491 e. The van der Waals surface area contributed by atoms with Crippen molar-refractivity contribution < 1.29 is 9.53 Å². The predicted molar refractivity (Wildman–Crippen MR) is 76.7 cm³/mol. The average molecular weight is 261 g/mol. The van der Waals surface area contributed by atoms with Crippen LogP contribution in [0.4, 0.5) is 0 Å². The number of hydrogen-bond donors (Lipinski definition) is 0. The Balaban J connectivity index is 0.000000408. The van der Waals surface area contributed by atoms with Gasteiger partial charge in [0.05, 0.1) is 11.6 Å². The smallest absolute Gasteiger partial charge is 0.258 e. The summed E-state index contributed by atoms with van der Waals surface area (Å²) in [6, 6.07) is 6.08. The minimum absolute atomic E-state index is 0.146. The standard InChI is InChI=1S/C13H15NO2.C3H8/c1-9-4-2-6-11-12(9)13(15)14-7-3-5-10(14)8-16-11;1-3-2/h2,4,6,10H,3,5,7-8H2,1H3;3H2,1-2H3. The zero-order valence-electron chi connectivity index (χ0n) is 12.1. The molecule has 1 aromatic carbocycles. The van der Waals surface area contributed by atoms with E-state index in [9.17, 15) is 4.79 Å².